The minimum Gasteiger partial charge on any atom is -0.287 e. The van der Waals surface area contributed by atoms with Crippen molar-refractivity contribution in [1.29, 1.82) is 0 Å². The van der Waals surface area contributed by atoms with Crippen molar-refractivity contribution in [3.05, 3.63) is 118 Å². The van der Waals surface area contributed by atoms with Gasteiger partial charge in [-0.05, 0) is 36.8 Å². The van der Waals surface area contributed by atoms with Crippen molar-refractivity contribution in [3.63, 3.8) is 0 Å². The molecule has 2 aromatic heterocycles. The van der Waals surface area contributed by atoms with Crippen molar-refractivity contribution in [2.75, 3.05) is 4.90 Å². The first-order chi connectivity index (χ1) is 16.3. The molecule has 4 aromatic rings. The molecule has 0 unspecified atom stereocenters. The van der Waals surface area contributed by atoms with Crippen molar-refractivity contribution in [2.45, 2.75) is 19.6 Å². The summed E-state index contributed by atoms with van der Waals surface area (Å²) < 4.78 is 41.8. The summed E-state index contributed by atoms with van der Waals surface area (Å²) in [6.07, 6.45) is -3.15. The number of halogens is 3. The van der Waals surface area contributed by atoms with Crippen LogP contribution in [0, 0.1) is 6.92 Å². The van der Waals surface area contributed by atoms with Gasteiger partial charge in [0.1, 0.15) is 5.82 Å². The van der Waals surface area contributed by atoms with E-state index in [9.17, 15) is 22.8 Å². The molecule has 2 aromatic carbocycles. The summed E-state index contributed by atoms with van der Waals surface area (Å²) in [4.78, 5) is 31.8. The lowest BCUT2D eigenvalue weighted by atomic mass is 10.1. The number of amides is 1. The molecule has 4 rings (SSSR count). The summed E-state index contributed by atoms with van der Waals surface area (Å²) in [5.41, 5.74) is -1.49. The van der Waals surface area contributed by atoms with E-state index in [1.807, 2.05) is 30.3 Å². The zero-order valence-electron chi connectivity index (χ0n) is 18.0. The largest absolute Gasteiger partial charge is 0.418 e. The van der Waals surface area contributed by atoms with Crippen molar-refractivity contribution in [2.24, 2.45) is 0 Å². The molecule has 0 saturated carbocycles. The first-order valence-corrected chi connectivity index (χ1v) is 10.3. The first-order valence-electron chi connectivity index (χ1n) is 10.3. The molecule has 0 spiro atoms. The monoisotopic (exact) mass is 464 g/mol. The van der Waals surface area contributed by atoms with Crippen LogP contribution >= 0.6 is 0 Å². The molecule has 0 N–H and O–H groups in total. The number of hydrogen-bond donors (Lipinski definition) is 0. The number of alkyl halides is 3. The van der Waals surface area contributed by atoms with Crippen molar-refractivity contribution in [3.8, 4) is 5.69 Å². The van der Waals surface area contributed by atoms with Gasteiger partial charge in [0, 0.05) is 18.0 Å². The average molecular weight is 464 g/mol. The second kappa shape index (κ2) is 9.30. The third-order valence-electron chi connectivity index (χ3n) is 5.10. The molecule has 0 aliphatic carbocycles. The SMILES string of the molecule is Cc1cc(=O)c(C(=O)N(Cc2ccccc2)c2ccccn2)nn1-c1ccccc1C(F)(F)F. The number of benzene rings is 2. The van der Waals surface area contributed by atoms with Crippen LogP contribution in [0.5, 0.6) is 0 Å². The molecule has 172 valence electrons. The highest BCUT2D eigenvalue weighted by atomic mass is 19.4. The molecule has 0 saturated heterocycles. The number of carbonyl (C=O) groups excluding carboxylic acids is 1. The van der Waals surface area contributed by atoms with Crippen LogP contribution in [0.1, 0.15) is 27.3 Å². The van der Waals surface area contributed by atoms with E-state index in [0.717, 1.165) is 22.4 Å². The van der Waals surface area contributed by atoms with E-state index in [1.165, 1.54) is 36.2 Å². The van der Waals surface area contributed by atoms with E-state index < -0.39 is 28.8 Å². The number of nitrogens with zero attached hydrogens (tertiary/aromatic N) is 4. The lowest BCUT2D eigenvalue weighted by molar-refractivity contribution is -0.137. The Morgan fingerprint density at radius 3 is 2.32 bits per heavy atom. The Morgan fingerprint density at radius 1 is 0.971 bits per heavy atom. The number of aromatic nitrogens is 3. The summed E-state index contributed by atoms with van der Waals surface area (Å²) in [7, 11) is 0. The Kier molecular flexibility index (Phi) is 6.27. The lowest BCUT2D eigenvalue weighted by Gasteiger charge is -2.22. The van der Waals surface area contributed by atoms with Gasteiger partial charge in [-0.25, -0.2) is 9.67 Å². The van der Waals surface area contributed by atoms with Crippen LogP contribution in [0.4, 0.5) is 19.0 Å². The second-order valence-electron chi connectivity index (χ2n) is 7.49. The fourth-order valence-corrected chi connectivity index (χ4v) is 3.50. The highest BCUT2D eigenvalue weighted by Gasteiger charge is 2.34. The highest BCUT2D eigenvalue weighted by Crippen LogP contribution is 2.33. The summed E-state index contributed by atoms with van der Waals surface area (Å²) in [6, 6.07) is 20.0. The van der Waals surface area contributed by atoms with E-state index in [2.05, 4.69) is 10.1 Å². The number of pyridine rings is 1. The van der Waals surface area contributed by atoms with Crippen LogP contribution < -0.4 is 10.3 Å². The van der Waals surface area contributed by atoms with Gasteiger partial charge in [-0.15, -0.1) is 0 Å². The van der Waals surface area contributed by atoms with Crippen LogP contribution in [-0.2, 0) is 12.7 Å². The van der Waals surface area contributed by atoms with E-state index in [0.29, 0.717) is 0 Å². The summed E-state index contributed by atoms with van der Waals surface area (Å²) in [6.45, 7) is 1.54. The van der Waals surface area contributed by atoms with Crippen molar-refractivity contribution in [1.82, 2.24) is 14.8 Å². The Morgan fingerprint density at radius 2 is 1.65 bits per heavy atom. The van der Waals surface area contributed by atoms with Crippen LogP contribution in [0.15, 0.2) is 89.9 Å². The summed E-state index contributed by atoms with van der Waals surface area (Å²) in [5, 5.41) is 4.09. The van der Waals surface area contributed by atoms with Gasteiger partial charge in [0.15, 0.2) is 5.69 Å². The van der Waals surface area contributed by atoms with Crippen LogP contribution in [0.25, 0.3) is 5.69 Å². The van der Waals surface area contributed by atoms with Gasteiger partial charge >= 0.3 is 6.18 Å². The maximum Gasteiger partial charge on any atom is 0.418 e. The number of aryl methyl sites for hydroxylation is 1. The number of hydrogen-bond acceptors (Lipinski definition) is 4. The molecule has 34 heavy (non-hydrogen) atoms. The number of anilines is 1. The highest BCUT2D eigenvalue weighted by molar-refractivity contribution is 6.04. The van der Waals surface area contributed by atoms with Gasteiger partial charge in [-0.1, -0.05) is 48.5 Å². The predicted molar refractivity (Wildman–Crippen MR) is 121 cm³/mol. The van der Waals surface area contributed by atoms with Gasteiger partial charge in [-0.2, -0.15) is 18.3 Å². The molecule has 0 bridgehead atoms. The van der Waals surface area contributed by atoms with Crippen LogP contribution in [0.3, 0.4) is 0 Å². The zero-order chi connectivity index (χ0) is 24.3. The molecular formula is C25H19F3N4O2. The number of para-hydroxylation sites is 1. The van der Waals surface area contributed by atoms with Gasteiger partial charge in [-0.3, -0.25) is 14.5 Å². The minimum absolute atomic E-state index is 0.0881. The second-order valence-corrected chi connectivity index (χ2v) is 7.49. The minimum atomic E-state index is -4.65. The van der Waals surface area contributed by atoms with E-state index in [1.54, 1.807) is 18.2 Å². The normalized spacial score (nSPS) is 11.3. The van der Waals surface area contributed by atoms with Gasteiger partial charge in [0.05, 0.1) is 17.8 Å². The van der Waals surface area contributed by atoms with Gasteiger partial charge < -0.3 is 0 Å². The lowest BCUT2D eigenvalue weighted by Crippen LogP contribution is -2.36. The summed E-state index contributed by atoms with van der Waals surface area (Å²) in [5.74, 6) is -0.494. The average Bonchev–Trinajstić information content (AvgIpc) is 2.83. The van der Waals surface area contributed by atoms with Crippen molar-refractivity contribution < 1.29 is 18.0 Å². The third kappa shape index (κ3) is 4.73. The molecule has 0 radical (unpaired) electrons. The molecule has 0 aliphatic heterocycles. The quantitative estimate of drug-likeness (QED) is 0.426. The Labute approximate surface area is 192 Å². The van der Waals surface area contributed by atoms with Gasteiger partial charge in [0.25, 0.3) is 5.91 Å². The fourth-order valence-electron chi connectivity index (χ4n) is 3.50. The first kappa shape index (κ1) is 22.9. The molecule has 1 amide bonds. The summed E-state index contributed by atoms with van der Waals surface area (Å²) >= 11 is 0. The molecule has 9 heteroatoms. The number of carbonyl (C=O) groups is 1. The maximum absolute atomic E-state index is 13.6. The molecular weight excluding hydrogens is 445 g/mol. The maximum atomic E-state index is 13.6. The van der Waals surface area contributed by atoms with Gasteiger partial charge in [0.2, 0.25) is 5.43 Å². The van der Waals surface area contributed by atoms with Crippen LogP contribution in [-0.4, -0.2) is 20.7 Å². The molecule has 0 atom stereocenters. The van der Waals surface area contributed by atoms with Crippen LogP contribution in [0.2, 0.25) is 0 Å². The van der Waals surface area contributed by atoms with Crippen molar-refractivity contribution >= 4 is 11.7 Å². The topological polar surface area (TPSA) is 68.1 Å². The number of rotatable bonds is 5. The molecule has 2 heterocycles. The zero-order valence-corrected chi connectivity index (χ0v) is 18.0. The standard InChI is InChI=1S/C25H19F3N4O2/c1-17-15-21(33)23(30-32(17)20-12-6-5-11-19(20)25(26,27)28)24(34)31(22-13-7-8-14-29-22)16-18-9-3-2-4-10-18/h2-15H,16H2,1H3. The predicted octanol–water partition coefficient (Wildman–Crippen LogP) is 4.80. The Bertz CT molecular complexity index is 1370. The Hall–Kier alpha value is -4.27. The Balaban J connectivity index is 1.84. The van der Waals surface area contributed by atoms with E-state index in [4.69, 9.17) is 0 Å². The molecule has 6 nitrogen and oxygen atoms in total. The fraction of sp³-hybridized carbons (Fsp3) is 0.120. The van der Waals surface area contributed by atoms with E-state index in [-0.39, 0.29) is 23.7 Å². The third-order valence-corrected chi connectivity index (χ3v) is 5.10. The smallest absolute Gasteiger partial charge is 0.287 e. The molecule has 0 aliphatic rings. The molecule has 0 fully saturated rings. The van der Waals surface area contributed by atoms with E-state index >= 15 is 0 Å².